The van der Waals surface area contributed by atoms with Gasteiger partial charge in [-0.05, 0) is 24.1 Å². The third-order valence-electron chi connectivity index (χ3n) is 4.99. The second-order valence-corrected chi connectivity index (χ2v) is 7.56. The van der Waals surface area contributed by atoms with Gasteiger partial charge in [0.25, 0.3) is 0 Å². The third kappa shape index (κ3) is 4.64. The number of guanidine groups is 1. The van der Waals surface area contributed by atoms with Crippen LogP contribution in [0.15, 0.2) is 59.9 Å². The fourth-order valence-electron chi connectivity index (χ4n) is 3.60. The van der Waals surface area contributed by atoms with Crippen LogP contribution in [0.1, 0.15) is 17.7 Å². The van der Waals surface area contributed by atoms with Crippen molar-refractivity contribution in [2.24, 2.45) is 4.99 Å². The molecule has 1 unspecified atom stereocenters. The Labute approximate surface area is 170 Å². The van der Waals surface area contributed by atoms with E-state index < -0.39 is 0 Å². The molecule has 0 radical (unpaired) electrons. The molecule has 1 aromatic carbocycles. The Bertz CT molecular complexity index is 952. The number of benzene rings is 1. The van der Waals surface area contributed by atoms with Gasteiger partial charge in [-0.25, -0.2) is 4.98 Å². The van der Waals surface area contributed by atoms with E-state index in [1.165, 1.54) is 5.56 Å². The molecular weight excluding hydrogens is 372 g/mol. The standard InChI is InChI=1S/C21H25ClN6/c1-23-21(24-11-19-15-28-13-17(22)7-8-20(28)25-19)26-18-9-10-27(14-18)12-16-5-3-2-4-6-16/h2-8,13,15,18H,9-12,14H2,1H3,(H2,23,24,26). The number of nitrogens with zero attached hydrogens (tertiary/aromatic N) is 4. The maximum atomic E-state index is 6.04. The summed E-state index contributed by atoms with van der Waals surface area (Å²) in [7, 11) is 1.80. The number of aliphatic imine (C=N–C) groups is 1. The highest BCUT2D eigenvalue weighted by Gasteiger charge is 2.23. The Hall–Kier alpha value is -2.57. The van der Waals surface area contributed by atoms with Gasteiger partial charge in [-0.1, -0.05) is 41.9 Å². The first-order chi connectivity index (χ1) is 13.7. The molecule has 3 heterocycles. The van der Waals surface area contributed by atoms with Crippen LogP contribution in [0.5, 0.6) is 0 Å². The molecule has 2 N–H and O–H groups in total. The quantitative estimate of drug-likeness (QED) is 0.514. The van der Waals surface area contributed by atoms with E-state index in [9.17, 15) is 0 Å². The van der Waals surface area contributed by atoms with Gasteiger partial charge in [-0.2, -0.15) is 0 Å². The molecule has 4 rings (SSSR count). The molecule has 146 valence electrons. The first kappa shape index (κ1) is 18.8. The first-order valence-electron chi connectivity index (χ1n) is 9.56. The van der Waals surface area contributed by atoms with E-state index in [0.29, 0.717) is 17.6 Å². The molecule has 1 saturated heterocycles. The first-order valence-corrected chi connectivity index (χ1v) is 9.94. The Morgan fingerprint density at radius 2 is 2.07 bits per heavy atom. The van der Waals surface area contributed by atoms with E-state index in [4.69, 9.17) is 11.6 Å². The predicted molar refractivity (Wildman–Crippen MR) is 114 cm³/mol. The summed E-state index contributed by atoms with van der Waals surface area (Å²) in [5.41, 5.74) is 3.19. The van der Waals surface area contributed by atoms with Crippen molar-refractivity contribution in [1.29, 1.82) is 0 Å². The van der Waals surface area contributed by atoms with Crippen molar-refractivity contribution in [2.45, 2.75) is 25.6 Å². The summed E-state index contributed by atoms with van der Waals surface area (Å²) in [6.45, 7) is 3.72. The summed E-state index contributed by atoms with van der Waals surface area (Å²) < 4.78 is 1.94. The van der Waals surface area contributed by atoms with Gasteiger partial charge < -0.3 is 15.0 Å². The highest BCUT2D eigenvalue weighted by atomic mass is 35.5. The van der Waals surface area contributed by atoms with E-state index in [2.05, 4.69) is 55.8 Å². The lowest BCUT2D eigenvalue weighted by molar-refractivity contribution is 0.324. The number of halogens is 1. The largest absolute Gasteiger partial charge is 0.352 e. The van der Waals surface area contributed by atoms with Crippen molar-refractivity contribution >= 4 is 23.2 Å². The van der Waals surface area contributed by atoms with Crippen molar-refractivity contribution < 1.29 is 0 Å². The SMILES string of the molecule is CN=C(NCc1cn2cc(Cl)ccc2n1)NC1CCN(Cc2ccccc2)C1. The monoisotopic (exact) mass is 396 g/mol. The summed E-state index contributed by atoms with van der Waals surface area (Å²) in [6, 6.07) is 14.8. The molecule has 0 aliphatic carbocycles. The van der Waals surface area contributed by atoms with E-state index in [1.807, 2.05) is 28.9 Å². The van der Waals surface area contributed by atoms with Crippen LogP contribution < -0.4 is 10.6 Å². The lowest BCUT2D eigenvalue weighted by Crippen LogP contribution is -2.44. The Balaban J connectivity index is 1.28. The number of nitrogens with one attached hydrogen (secondary N) is 2. The number of hydrogen-bond donors (Lipinski definition) is 2. The Morgan fingerprint density at radius 1 is 1.21 bits per heavy atom. The van der Waals surface area contributed by atoms with Crippen LogP contribution in [0, 0.1) is 0 Å². The van der Waals surface area contributed by atoms with Crippen LogP contribution in [0.25, 0.3) is 5.65 Å². The molecule has 0 saturated carbocycles. The zero-order chi connectivity index (χ0) is 19.3. The number of likely N-dealkylation sites (tertiary alicyclic amines) is 1. The highest BCUT2D eigenvalue weighted by molar-refractivity contribution is 6.30. The molecule has 0 amide bonds. The molecule has 6 nitrogen and oxygen atoms in total. The topological polar surface area (TPSA) is 57.0 Å². The molecule has 2 aromatic heterocycles. The summed E-state index contributed by atoms with van der Waals surface area (Å²) in [5.74, 6) is 0.807. The number of hydrogen-bond acceptors (Lipinski definition) is 3. The average molecular weight is 397 g/mol. The summed E-state index contributed by atoms with van der Waals surface area (Å²) in [4.78, 5) is 11.4. The number of aromatic nitrogens is 2. The predicted octanol–water partition coefficient (Wildman–Crippen LogP) is 2.93. The van der Waals surface area contributed by atoms with Gasteiger partial charge in [-0.15, -0.1) is 0 Å². The lowest BCUT2D eigenvalue weighted by atomic mass is 10.2. The van der Waals surface area contributed by atoms with Gasteiger partial charge in [0.15, 0.2) is 5.96 Å². The van der Waals surface area contributed by atoms with E-state index in [1.54, 1.807) is 7.05 Å². The van der Waals surface area contributed by atoms with Gasteiger partial charge in [-0.3, -0.25) is 9.89 Å². The molecule has 0 bridgehead atoms. The van der Waals surface area contributed by atoms with Crippen LogP contribution >= 0.6 is 11.6 Å². The minimum atomic E-state index is 0.398. The maximum absolute atomic E-state index is 6.04. The van der Waals surface area contributed by atoms with Gasteiger partial charge in [0.2, 0.25) is 0 Å². The van der Waals surface area contributed by atoms with Crippen molar-refractivity contribution in [1.82, 2.24) is 24.9 Å². The number of rotatable bonds is 5. The summed E-state index contributed by atoms with van der Waals surface area (Å²) in [5, 5.41) is 7.60. The lowest BCUT2D eigenvalue weighted by Gasteiger charge is -2.18. The van der Waals surface area contributed by atoms with Crippen molar-refractivity contribution in [3.05, 3.63) is 71.1 Å². The second kappa shape index (κ2) is 8.63. The van der Waals surface area contributed by atoms with E-state index in [0.717, 1.165) is 43.4 Å². The molecule has 1 aliphatic rings. The molecule has 1 atom stereocenters. The molecule has 7 heteroatoms. The van der Waals surface area contributed by atoms with Gasteiger partial charge >= 0.3 is 0 Å². The van der Waals surface area contributed by atoms with E-state index >= 15 is 0 Å². The fraction of sp³-hybridized carbons (Fsp3) is 0.333. The normalized spacial score (nSPS) is 17.9. The van der Waals surface area contributed by atoms with Crippen molar-refractivity contribution in [3.8, 4) is 0 Å². The molecule has 0 spiro atoms. The van der Waals surface area contributed by atoms with Crippen molar-refractivity contribution in [2.75, 3.05) is 20.1 Å². The minimum absolute atomic E-state index is 0.398. The van der Waals surface area contributed by atoms with Crippen LogP contribution in [0.3, 0.4) is 0 Å². The van der Waals surface area contributed by atoms with Crippen molar-refractivity contribution in [3.63, 3.8) is 0 Å². The average Bonchev–Trinajstić information content (AvgIpc) is 3.31. The molecule has 1 fully saturated rings. The zero-order valence-corrected chi connectivity index (χ0v) is 16.7. The number of imidazole rings is 1. The Kier molecular flexibility index (Phi) is 5.78. The number of pyridine rings is 1. The smallest absolute Gasteiger partial charge is 0.191 e. The van der Waals surface area contributed by atoms with Crippen LogP contribution in [0.4, 0.5) is 0 Å². The minimum Gasteiger partial charge on any atom is -0.352 e. The summed E-state index contributed by atoms with van der Waals surface area (Å²) in [6.07, 6.45) is 4.96. The van der Waals surface area contributed by atoms with Gasteiger partial charge in [0.1, 0.15) is 5.65 Å². The molecular formula is C21H25ClN6. The molecule has 28 heavy (non-hydrogen) atoms. The van der Waals surface area contributed by atoms with Gasteiger partial charge in [0, 0.05) is 45.1 Å². The van der Waals surface area contributed by atoms with Crippen LogP contribution in [-0.2, 0) is 13.1 Å². The third-order valence-corrected chi connectivity index (χ3v) is 5.21. The maximum Gasteiger partial charge on any atom is 0.191 e. The van der Waals surface area contributed by atoms with Crippen LogP contribution in [0.2, 0.25) is 5.02 Å². The fourth-order valence-corrected chi connectivity index (χ4v) is 3.77. The zero-order valence-electron chi connectivity index (χ0n) is 16.0. The highest BCUT2D eigenvalue weighted by Crippen LogP contribution is 2.14. The second-order valence-electron chi connectivity index (χ2n) is 7.12. The number of fused-ring (bicyclic) bond motifs is 1. The van der Waals surface area contributed by atoms with E-state index in [-0.39, 0.29) is 0 Å². The van der Waals surface area contributed by atoms with Gasteiger partial charge in [0.05, 0.1) is 17.3 Å². The molecule has 3 aromatic rings. The van der Waals surface area contributed by atoms with Crippen LogP contribution in [-0.4, -0.2) is 46.4 Å². The summed E-state index contributed by atoms with van der Waals surface area (Å²) >= 11 is 6.04. The molecule has 1 aliphatic heterocycles. The Morgan fingerprint density at radius 3 is 2.89 bits per heavy atom.